The van der Waals surface area contributed by atoms with E-state index in [-0.39, 0.29) is 24.0 Å². The van der Waals surface area contributed by atoms with E-state index < -0.39 is 5.82 Å². The normalized spacial score (nSPS) is 10.7. The fourth-order valence-electron chi connectivity index (χ4n) is 3.13. The second-order valence-electron chi connectivity index (χ2n) is 7.25. The van der Waals surface area contributed by atoms with E-state index in [0.717, 1.165) is 33.4 Å². The van der Waals surface area contributed by atoms with Crippen LogP contribution in [0.4, 0.5) is 4.39 Å². The van der Waals surface area contributed by atoms with E-state index in [1.165, 1.54) is 11.0 Å². The van der Waals surface area contributed by atoms with Crippen LogP contribution in [0.1, 0.15) is 11.1 Å². The fourth-order valence-corrected chi connectivity index (χ4v) is 3.13. The summed E-state index contributed by atoms with van der Waals surface area (Å²) in [5.41, 5.74) is 5.80. The van der Waals surface area contributed by atoms with Gasteiger partial charge in [-0.2, -0.15) is 0 Å². The highest BCUT2D eigenvalue weighted by atomic mass is 19.1. The Balaban J connectivity index is 1.89. The van der Waals surface area contributed by atoms with Crippen LogP contribution in [0.15, 0.2) is 54.6 Å². The Morgan fingerprint density at radius 1 is 0.931 bits per heavy atom. The highest BCUT2D eigenvalue weighted by Crippen LogP contribution is 2.34. The van der Waals surface area contributed by atoms with Crippen LogP contribution >= 0.6 is 0 Å². The number of amides is 1. The van der Waals surface area contributed by atoms with Crippen LogP contribution in [0.25, 0.3) is 22.3 Å². The summed E-state index contributed by atoms with van der Waals surface area (Å²) in [6.45, 7) is 3.78. The highest BCUT2D eigenvalue weighted by Gasteiger charge is 2.13. The highest BCUT2D eigenvalue weighted by molar-refractivity contribution is 5.78. The molecule has 3 aromatic rings. The molecule has 0 saturated carbocycles. The second-order valence-corrected chi connectivity index (χ2v) is 7.25. The molecule has 0 atom stereocenters. The zero-order valence-electron chi connectivity index (χ0n) is 17.0. The zero-order chi connectivity index (χ0) is 21.1. The molecule has 3 aromatic carbocycles. The lowest BCUT2D eigenvalue weighted by atomic mass is 9.92. The van der Waals surface area contributed by atoms with Gasteiger partial charge in [0.15, 0.2) is 18.2 Å². The first-order chi connectivity index (χ1) is 13.8. The predicted molar refractivity (Wildman–Crippen MR) is 113 cm³/mol. The largest absolute Gasteiger partial charge is 0.508 e. The number of phenolic OH excluding ortho intramolecular Hbond substituents is 1. The Kier molecular flexibility index (Phi) is 5.87. The van der Waals surface area contributed by atoms with E-state index in [4.69, 9.17) is 4.74 Å². The van der Waals surface area contributed by atoms with Gasteiger partial charge in [0.25, 0.3) is 5.91 Å². The van der Waals surface area contributed by atoms with Crippen molar-refractivity contribution in [3.05, 3.63) is 71.5 Å². The van der Waals surface area contributed by atoms with Gasteiger partial charge in [0.2, 0.25) is 0 Å². The summed E-state index contributed by atoms with van der Waals surface area (Å²) in [5.74, 6) is -0.456. The van der Waals surface area contributed by atoms with Crippen molar-refractivity contribution in [3.8, 4) is 33.8 Å². The van der Waals surface area contributed by atoms with Crippen LogP contribution in [-0.2, 0) is 4.79 Å². The number of rotatable bonds is 5. The molecule has 0 aliphatic heterocycles. The van der Waals surface area contributed by atoms with Gasteiger partial charge in [-0.15, -0.1) is 0 Å². The molecule has 0 radical (unpaired) electrons. The van der Waals surface area contributed by atoms with E-state index in [1.807, 2.05) is 32.0 Å². The van der Waals surface area contributed by atoms with Crippen molar-refractivity contribution < 1.29 is 19.0 Å². The van der Waals surface area contributed by atoms with Crippen LogP contribution in [0.5, 0.6) is 11.5 Å². The molecule has 1 amide bonds. The van der Waals surface area contributed by atoms with E-state index >= 15 is 0 Å². The SMILES string of the molecule is Cc1cc(-c2ccc(OCC(=O)N(C)C)c(F)c2)c(C)cc1-c1ccc(O)cc1. The number of benzene rings is 3. The Labute approximate surface area is 170 Å². The molecule has 0 fully saturated rings. The molecule has 0 spiro atoms. The lowest BCUT2D eigenvalue weighted by molar-refractivity contribution is -0.130. The molecular weight excluding hydrogens is 369 g/mol. The zero-order valence-corrected chi connectivity index (χ0v) is 17.0. The molecule has 0 aliphatic rings. The number of ether oxygens (including phenoxy) is 1. The topological polar surface area (TPSA) is 49.8 Å². The van der Waals surface area contributed by atoms with Crippen molar-refractivity contribution >= 4 is 5.91 Å². The molecule has 1 N–H and O–H groups in total. The van der Waals surface area contributed by atoms with Gasteiger partial charge in [-0.25, -0.2) is 4.39 Å². The molecule has 0 saturated heterocycles. The third-order valence-corrected chi connectivity index (χ3v) is 4.84. The maximum Gasteiger partial charge on any atom is 0.259 e. The molecule has 0 unspecified atom stereocenters. The number of likely N-dealkylation sites (N-methyl/N-ethyl adjacent to an activating group) is 1. The van der Waals surface area contributed by atoms with Crippen molar-refractivity contribution in [1.29, 1.82) is 0 Å². The summed E-state index contributed by atoms with van der Waals surface area (Å²) >= 11 is 0. The van der Waals surface area contributed by atoms with Crippen molar-refractivity contribution in [1.82, 2.24) is 4.90 Å². The fraction of sp³-hybridized carbons (Fsp3) is 0.208. The third-order valence-electron chi connectivity index (χ3n) is 4.84. The Bertz CT molecular complexity index is 1040. The van der Waals surface area contributed by atoms with Crippen LogP contribution < -0.4 is 4.74 Å². The summed E-state index contributed by atoms with van der Waals surface area (Å²) in [4.78, 5) is 13.0. The van der Waals surface area contributed by atoms with Gasteiger partial charge in [-0.05, 0) is 71.5 Å². The van der Waals surface area contributed by atoms with Gasteiger partial charge in [0.05, 0.1) is 0 Å². The van der Waals surface area contributed by atoms with Crippen LogP contribution in [-0.4, -0.2) is 36.6 Å². The number of halogens is 1. The van der Waals surface area contributed by atoms with E-state index in [1.54, 1.807) is 38.4 Å². The Morgan fingerprint density at radius 2 is 1.48 bits per heavy atom. The average molecular weight is 393 g/mol. The summed E-state index contributed by atoms with van der Waals surface area (Å²) < 4.78 is 19.8. The van der Waals surface area contributed by atoms with Gasteiger partial charge >= 0.3 is 0 Å². The molecule has 150 valence electrons. The number of nitrogens with zero attached hydrogens (tertiary/aromatic N) is 1. The Hall–Kier alpha value is -3.34. The number of aryl methyl sites for hydroxylation is 2. The lowest BCUT2D eigenvalue weighted by Crippen LogP contribution is -2.27. The maximum atomic E-state index is 14.5. The number of hydrogen-bond acceptors (Lipinski definition) is 3. The number of aromatic hydroxyl groups is 1. The molecule has 4 nitrogen and oxygen atoms in total. The van der Waals surface area contributed by atoms with Crippen molar-refractivity contribution in [2.45, 2.75) is 13.8 Å². The molecule has 5 heteroatoms. The minimum absolute atomic E-state index is 0.0547. The Morgan fingerprint density at radius 3 is 2.03 bits per heavy atom. The standard InChI is InChI=1S/C24H24FNO3/c1-15-12-21(16(2)11-20(15)17-5-8-19(27)9-6-17)18-7-10-23(22(25)13-18)29-14-24(28)26(3)4/h5-13,27H,14H2,1-4H3. The number of carbonyl (C=O) groups is 1. The summed E-state index contributed by atoms with van der Waals surface area (Å²) in [6, 6.07) is 15.9. The molecule has 0 aromatic heterocycles. The van der Waals surface area contributed by atoms with Crippen molar-refractivity contribution in [2.24, 2.45) is 0 Å². The quantitative estimate of drug-likeness (QED) is 0.667. The molecule has 0 aliphatic carbocycles. The first-order valence-corrected chi connectivity index (χ1v) is 9.30. The summed E-state index contributed by atoms with van der Waals surface area (Å²) in [6.07, 6.45) is 0. The maximum absolute atomic E-state index is 14.5. The molecule has 0 bridgehead atoms. The number of phenols is 1. The van der Waals surface area contributed by atoms with Gasteiger partial charge < -0.3 is 14.7 Å². The van der Waals surface area contributed by atoms with Crippen LogP contribution in [0, 0.1) is 19.7 Å². The smallest absolute Gasteiger partial charge is 0.259 e. The van der Waals surface area contributed by atoms with Gasteiger partial charge in [0.1, 0.15) is 5.75 Å². The molecule has 29 heavy (non-hydrogen) atoms. The van der Waals surface area contributed by atoms with E-state index in [0.29, 0.717) is 0 Å². The van der Waals surface area contributed by atoms with E-state index in [2.05, 4.69) is 6.07 Å². The van der Waals surface area contributed by atoms with Crippen LogP contribution in [0.2, 0.25) is 0 Å². The van der Waals surface area contributed by atoms with Crippen molar-refractivity contribution in [3.63, 3.8) is 0 Å². The first-order valence-electron chi connectivity index (χ1n) is 9.30. The molecule has 0 heterocycles. The average Bonchev–Trinajstić information content (AvgIpc) is 2.69. The van der Waals surface area contributed by atoms with Crippen molar-refractivity contribution in [2.75, 3.05) is 20.7 Å². The molecular formula is C24H24FNO3. The minimum atomic E-state index is -0.506. The summed E-state index contributed by atoms with van der Waals surface area (Å²) in [5, 5.41) is 9.50. The monoisotopic (exact) mass is 393 g/mol. The minimum Gasteiger partial charge on any atom is -0.508 e. The predicted octanol–water partition coefficient (Wildman–Crippen LogP) is 4.95. The molecule has 3 rings (SSSR count). The second kappa shape index (κ2) is 8.35. The van der Waals surface area contributed by atoms with Gasteiger partial charge in [-0.3, -0.25) is 4.79 Å². The van der Waals surface area contributed by atoms with E-state index in [9.17, 15) is 14.3 Å². The first kappa shape index (κ1) is 20.4. The van der Waals surface area contributed by atoms with Gasteiger partial charge in [0, 0.05) is 14.1 Å². The summed E-state index contributed by atoms with van der Waals surface area (Å²) in [7, 11) is 3.25. The van der Waals surface area contributed by atoms with Crippen LogP contribution in [0.3, 0.4) is 0 Å². The number of hydrogen-bond donors (Lipinski definition) is 1. The van der Waals surface area contributed by atoms with Gasteiger partial charge in [-0.1, -0.05) is 30.3 Å². The lowest BCUT2D eigenvalue weighted by Gasteiger charge is -2.15. The number of carbonyl (C=O) groups excluding carboxylic acids is 1. The third kappa shape index (κ3) is 4.57.